The molecule has 0 aromatic carbocycles. The lowest BCUT2D eigenvalue weighted by Crippen LogP contribution is -2.49. The van der Waals surface area contributed by atoms with Gasteiger partial charge in [-0.3, -0.25) is 4.79 Å². The molecule has 1 aromatic rings. The van der Waals surface area contributed by atoms with Crippen LogP contribution in [0.25, 0.3) is 0 Å². The SMILES string of the molecule is NC1(CC(=O)NCc2cccs2)CCC1. The van der Waals surface area contributed by atoms with Gasteiger partial charge in [0.15, 0.2) is 0 Å². The van der Waals surface area contributed by atoms with Gasteiger partial charge in [0.1, 0.15) is 0 Å². The lowest BCUT2D eigenvalue weighted by atomic mass is 9.75. The van der Waals surface area contributed by atoms with Crippen LogP contribution in [0.2, 0.25) is 0 Å². The number of nitrogens with one attached hydrogen (secondary N) is 1. The Hall–Kier alpha value is -0.870. The second-order valence-electron chi connectivity index (χ2n) is 4.25. The quantitative estimate of drug-likeness (QED) is 0.817. The number of thiophene rings is 1. The van der Waals surface area contributed by atoms with Gasteiger partial charge in [-0.05, 0) is 30.7 Å². The molecule has 82 valence electrons. The number of hydrogen-bond donors (Lipinski definition) is 2. The predicted molar refractivity (Wildman–Crippen MR) is 61.6 cm³/mol. The van der Waals surface area contributed by atoms with Crippen LogP contribution in [0.1, 0.15) is 30.6 Å². The highest BCUT2D eigenvalue weighted by molar-refractivity contribution is 7.09. The zero-order valence-electron chi connectivity index (χ0n) is 8.66. The van der Waals surface area contributed by atoms with Gasteiger partial charge < -0.3 is 11.1 Å². The number of rotatable bonds is 4. The smallest absolute Gasteiger partial charge is 0.222 e. The Labute approximate surface area is 93.7 Å². The van der Waals surface area contributed by atoms with Crippen molar-refractivity contribution in [2.45, 2.75) is 37.8 Å². The molecule has 1 saturated carbocycles. The van der Waals surface area contributed by atoms with E-state index in [1.807, 2.05) is 17.5 Å². The summed E-state index contributed by atoms with van der Waals surface area (Å²) < 4.78 is 0. The van der Waals surface area contributed by atoms with E-state index < -0.39 is 0 Å². The fourth-order valence-corrected chi connectivity index (χ4v) is 2.43. The summed E-state index contributed by atoms with van der Waals surface area (Å²) in [6, 6.07) is 4.01. The first-order valence-electron chi connectivity index (χ1n) is 5.26. The van der Waals surface area contributed by atoms with Crippen LogP contribution in [0.3, 0.4) is 0 Å². The van der Waals surface area contributed by atoms with Gasteiger partial charge in [-0.1, -0.05) is 6.07 Å². The van der Waals surface area contributed by atoms with Crippen LogP contribution >= 0.6 is 11.3 Å². The van der Waals surface area contributed by atoms with Gasteiger partial charge in [-0.15, -0.1) is 11.3 Å². The van der Waals surface area contributed by atoms with Crippen molar-refractivity contribution in [2.24, 2.45) is 5.73 Å². The van der Waals surface area contributed by atoms with Gasteiger partial charge in [0.05, 0.1) is 6.54 Å². The Morgan fingerprint density at radius 2 is 2.40 bits per heavy atom. The highest BCUT2D eigenvalue weighted by atomic mass is 32.1. The Morgan fingerprint density at radius 1 is 1.60 bits per heavy atom. The van der Waals surface area contributed by atoms with Gasteiger partial charge in [-0.25, -0.2) is 0 Å². The van der Waals surface area contributed by atoms with E-state index in [9.17, 15) is 4.79 Å². The van der Waals surface area contributed by atoms with Crippen molar-refractivity contribution in [1.82, 2.24) is 5.32 Å². The standard InChI is InChI=1S/C11H16N2OS/c12-11(4-2-5-11)7-10(14)13-8-9-3-1-6-15-9/h1,3,6H,2,4-5,7-8,12H2,(H,13,14). The minimum atomic E-state index is -0.209. The van der Waals surface area contributed by atoms with Crippen molar-refractivity contribution in [3.05, 3.63) is 22.4 Å². The Morgan fingerprint density at radius 3 is 2.93 bits per heavy atom. The van der Waals surface area contributed by atoms with Gasteiger partial charge in [0.25, 0.3) is 0 Å². The van der Waals surface area contributed by atoms with Crippen molar-refractivity contribution >= 4 is 17.2 Å². The molecule has 0 bridgehead atoms. The zero-order chi connectivity index (χ0) is 10.7. The second kappa shape index (κ2) is 4.33. The number of carbonyl (C=O) groups is 1. The van der Waals surface area contributed by atoms with E-state index in [1.54, 1.807) is 11.3 Å². The van der Waals surface area contributed by atoms with E-state index in [0.717, 1.165) is 19.3 Å². The van der Waals surface area contributed by atoms with Crippen LogP contribution in [-0.2, 0) is 11.3 Å². The maximum atomic E-state index is 11.6. The van der Waals surface area contributed by atoms with Gasteiger partial charge in [-0.2, -0.15) is 0 Å². The fourth-order valence-electron chi connectivity index (χ4n) is 1.79. The van der Waals surface area contributed by atoms with E-state index in [2.05, 4.69) is 5.32 Å². The third-order valence-electron chi connectivity index (χ3n) is 2.90. The van der Waals surface area contributed by atoms with E-state index in [1.165, 1.54) is 4.88 Å². The topological polar surface area (TPSA) is 55.1 Å². The maximum absolute atomic E-state index is 11.6. The van der Waals surface area contributed by atoms with E-state index in [0.29, 0.717) is 13.0 Å². The maximum Gasteiger partial charge on any atom is 0.222 e. The normalized spacial score (nSPS) is 18.2. The first kappa shape index (κ1) is 10.6. The number of carbonyl (C=O) groups excluding carboxylic acids is 1. The van der Waals surface area contributed by atoms with E-state index in [4.69, 9.17) is 5.73 Å². The lowest BCUT2D eigenvalue weighted by Gasteiger charge is -2.37. The predicted octanol–water partition coefficient (Wildman–Crippen LogP) is 1.64. The molecule has 15 heavy (non-hydrogen) atoms. The van der Waals surface area contributed by atoms with Crippen molar-refractivity contribution in [3.8, 4) is 0 Å². The first-order valence-corrected chi connectivity index (χ1v) is 6.14. The molecule has 1 amide bonds. The number of hydrogen-bond acceptors (Lipinski definition) is 3. The van der Waals surface area contributed by atoms with Crippen molar-refractivity contribution < 1.29 is 4.79 Å². The molecule has 0 saturated heterocycles. The molecule has 3 nitrogen and oxygen atoms in total. The third kappa shape index (κ3) is 2.79. The molecule has 4 heteroatoms. The van der Waals surface area contributed by atoms with Gasteiger partial charge in [0, 0.05) is 16.8 Å². The molecule has 1 heterocycles. The molecular formula is C11H16N2OS. The second-order valence-corrected chi connectivity index (χ2v) is 5.28. The van der Waals surface area contributed by atoms with E-state index in [-0.39, 0.29) is 11.4 Å². The molecule has 2 rings (SSSR count). The van der Waals surface area contributed by atoms with Crippen molar-refractivity contribution in [2.75, 3.05) is 0 Å². The molecular weight excluding hydrogens is 208 g/mol. The van der Waals surface area contributed by atoms with Crippen LogP contribution in [0, 0.1) is 0 Å². The highest BCUT2D eigenvalue weighted by Crippen LogP contribution is 2.31. The minimum absolute atomic E-state index is 0.0746. The van der Waals surface area contributed by atoms with E-state index >= 15 is 0 Å². The summed E-state index contributed by atoms with van der Waals surface area (Å²) in [4.78, 5) is 12.7. The first-order chi connectivity index (χ1) is 7.18. The Balaban J connectivity index is 1.73. The monoisotopic (exact) mass is 224 g/mol. The van der Waals surface area contributed by atoms with Gasteiger partial charge >= 0.3 is 0 Å². The lowest BCUT2D eigenvalue weighted by molar-refractivity contribution is -0.123. The average molecular weight is 224 g/mol. The Bertz CT molecular complexity index is 330. The van der Waals surface area contributed by atoms with Crippen LogP contribution in [0.15, 0.2) is 17.5 Å². The molecule has 1 aliphatic carbocycles. The third-order valence-corrected chi connectivity index (χ3v) is 3.78. The van der Waals surface area contributed by atoms with Crippen molar-refractivity contribution in [1.29, 1.82) is 0 Å². The molecule has 1 fully saturated rings. The summed E-state index contributed by atoms with van der Waals surface area (Å²) in [6.45, 7) is 0.632. The molecule has 0 atom stereocenters. The molecule has 0 radical (unpaired) electrons. The summed E-state index contributed by atoms with van der Waals surface area (Å²) in [5.74, 6) is 0.0746. The summed E-state index contributed by atoms with van der Waals surface area (Å²) >= 11 is 1.66. The van der Waals surface area contributed by atoms with Crippen LogP contribution < -0.4 is 11.1 Å². The number of amides is 1. The summed E-state index contributed by atoms with van der Waals surface area (Å²) in [5, 5.41) is 4.91. The summed E-state index contributed by atoms with van der Waals surface area (Å²) in [5.41, 5.74) is 5.79. The summed E-state index contributed by atoms with van der Waals surface area (Å²) in [6.07, 6.45) is 3.60. The Kier molecular flexibility index (Phi) is 3.07. The van der Waals surface area contributed by atoms with Crippen molar-refractivity contribution in [3.63, 3.8) is 0 Å². The largest absolute Gasteiger partial charge is 0.351 e. The highest BCUT2D eigenvalue weighted by Gasteiger charge is 2.34. The van der Waals surface area contributed by atoms with Gasteiger partial charge in [0.2, 0.25) is 5.91 Å². The fraction of sp³-hybridized carbons (Fsp3) is 0.545. The molecule has 1 aromatic heterocycles. The van der Waals surface area contributed by atoms with Crippen LogP contribution in [0.5, 0.6) is 0 Å². The van der Waals surface area contributed by atoms with Crippen LogP contribution in [0.4, 0.5) is 0 Å². The summed E-state index contributed by atoms with van der Waals surface area (Å²) in [7, 11) is 0. The number of nitrogens with two attached hydrogens (primary N) is 1. The zero-order valence-corrected chi connectivity index (χ0v) is 9.48. The molecule has 3 N–H and O–H groups in total. The molecule has 0 unspecified atom stereocenters. The minimum Gasteiger partial charge on any atom is -0.351 e. The van der Waals surface area contributed by atoms with Crippen LogP contribution in [-0.4, -0.2) is 11.4 Å². The average Bonchev–Trinajstić information content (AvgIpc) is 2.64. The molecule has 0 aliphatic heterocycles. The molecule has 0 spiro atoms. The molecule has 1 aliphatic rings.